The predicted octanol–water partition coefficient (Wildman–Crippen LogP) is 4.70. The molecule has 20 heavy (non-hydrogen) atoms. The summed E-state index contributed by atoms with van der Waals surface area (Å²) in [4.78, 5) is 0. The molecule has 0 aliphatic heterocycles. The number of benzene rings is 2. The van der Waals surface area contributed by atoms with Gasteiger partial charge in [0.05, 0.1) is 6.04 Å². The summed E-state index contributed by atoms with van der Waals surface area (Å²) in [6.07, 6.45) is 1.11. The largest absolute Gasteiger partial charge is 0.320 e. The van der Waals surface area contributed by atoms with Crippen LogP contribution in [0.3, 0.4) is 0 Å². The summed E-state index contributed by atoms with van der Waals surface area (Å²) in [5, 5.41) is 0. The van der Waals surface area contributed by atoms with Gasteiger partial charge in [-0.15, -0.1) is 0 Å². The van der Waals surface area contributed by atoms with Crippen molar-refractivity contribution in [2.75, 3.05) is 0 Å². The zero-order chi connectivity index (χ0) is 14.7. The highest BCUT2D eigenvalue weighted by Gasteiger charge is 2.15. The van der Waals surface area contributed by atoms with Crippen LogP contribution in [0, 0.1) is 12.7 Å². The molecule has 0 amide bonds. The van der Waals surface area contributed by atoms with Crippen molar-refractivity contribution in [1.82, 2.24) is 0 Å². The van der Waals surface area contributed by atoms with E-state index in [2.05, 4.69) is 26.0 Å². The summed E-state index contributed by atoms with van der Waals surface area (Å²) in [5.74, 6) is 0.335. The number of rotatable bonds is 4. The van der Waals surface area contributed by atoms with Crippen LogP contribution in [-0.2, 0) is 0 Å². The van der Waals surface area contributed by atoms with Gasteiger partial charge < -0.3 is 5.73 Å². The number of hydrogen-bond acceptors (Lipinski definition) is 1. The second-order valence-corrected chi connectivity index (χ2v) is 5.43. The van der Waals surface area contributed by atoms with Crippen LogP contribution in [0.2, 0.25) is 0 Å². The second kappa shape index (κ2) is 6.19. The van der Waals surface area contributed by atoms with Crippen LogP contribution >= 0.6 is 0 Å². The van der Waals surface area contributed by atoms with Gasteiger partial charge in [0.1, 0.15) is 5.82 Å². The third-order valence-electron chi connectivity index (χ3n) is 4.03. The SMILES string of the molecule is CCC(C)c1ccc(C(N)c2cccc(C)c2F)cc1. The number of halogens is 1. The summed E-state index contributed by atoms with van der Waals surface area (Å²) in [6, 6.07) is 13.2. The molecule has 0 spiro atoms. The maximum absolute atomic E-state index is 14.1. The summed E-state index contributed by atoms with van der Waals surface area (Å²) in [7, 11) is 0. The van der Waals surface area contributed by atoms with Crippen molar-refractivity contribution in [3.63, 3.8) is 0 Å². The normalized spacial score (nSPS) is 14.1. The summed E-state index contributed by atoms with van der Waals surface area (Å²) >= 11 is 0. The Morgan fingerprint density at radius 2 is 1.65 bits per heavy atom. The van der Waals surface area contributed by atoms with Gasteiger partial charge in [0.2, 0.25) is 0 Å². The van der Waals surface area contributed by atoms with Gasteiger partial charge in [-0.1, -0.05) is 56.3 Å². The molecular weight excluding hydrogens is 249 g/mol. The van der Waals surface area contributed by atoms with Crippen molar-refractivity contribution < 1.29 is 4.39 Å². The molecule has 0 aliphatic rings. The Morgan fingerprint density at radius 3 is 2.25 bits per heavy atom. The maximum Gasteiger partial charge on any atom is 0.131 e. The van der Waals surface area contributed by atoms with Crippen molar-refractivity contribution in [2.24, 2.45) is 5.73 Å². The average molecular weight is 271 g/mol. The van der Waals surface area contributed by atoms with Crippen LogP contribution in [0.25, 0.3) is 0 Å². The molecule has 2 heteroatoms. The summed E-state index contributed by atoms with van der Waals surface area (Å²) in [5.41, 5.74) is 9.64. The molecule has 0 aliphatic carbocycles. The Balaban J connectivity index is 2.29. The quantitative estimate of drug-likeness (QED) is 0.857. The van der Waals surface area contributed by atoms with Crippen LogP contribution in [0.1, 0.15) is 54.5 Å². The van der Waals surface area contributed by atoms with E-state index >= 15 is 0 Å². The van der Waals surface area contributed by atoms with E-state index in [1.807, 2.05) is 18.2 Å². The van der Waals surface area contributed by atoms with Crippen molar-refractivity contribution >= 4 is 0 Å². The van der Waals surface area contributed by atoms with Gasteiger partial charge in [0.25, 0.3) is 0 Å². The topological polar surface area (TPSA) is 26.0 Å². The van der Waals surface area contributed by atoms with Gasteiger partial charge in [-0.25, -0.2) is 4.39 Å². The monoisotopic (exact) mass is 271 g/mol. The molecule has 2 rings (SSSR count). The number of nitrogens with two attached hydrogens (primary N) is 1. The minimum atomic E-state index is -0.416. The highest BCUT2D eigenvalue weighted by molar-refractivity contribution is 5.36. The number of aryl methyl sites for hydroxylation is 1. The molecule has 2 aromatic rings. The van der Waals surface area contributed by atoms with E-state index in [1.165, 1.54) is 5.56 Å². The molecule has 0 bridgehead atoms. The molecule has 2 unspecified atom stereocenters. The standard InChI is InChI=1S/C18H22FN/c1-4-12(2)14-8-10-15(11-9-14)18(20)16-7-5-6-13(3)17(16)19/h5-12,18H,4,20H2,1-3H3. The van der Waals surface area contributed by atoms with Crippen molar-refractivity contribution in [1.29, 1.82) is 0 Å². The fourth-order valence-electron chi connectivity index (χ4n) is 2.36. The van der Waals surface area contributed by atoms with Crippen LogP contribution in [0.4, 0.5) is 4.39 Å². The minimum absolute atomic E-state index is 0.203. The van der Waals surface area contributed by atoms with Crippen LogP contribution in [0.5, 0.6) is 0 Å². The summed E-state index contributed by atoms with van der Waals surface area (Å²) in [6.45, 7) is 6.14. The van der Waals surface area contributed by atoms with Crippen LogP contribution in [-0.4, -0.2) is 0 Å². The van der Waals surface area contributed by atoms with Crippen molar-refractivity contribution in [2.45, 2.75) is 39.2 Å². The Kier molecular flexibility index (Phi) is 4.56. The first kappa shape index (κ1) is 14.7. The van der Waals surface area contributed by atoms with E-state index in [-0.39, 0.29) is 5.82 Å². The Morgan fingerprint density at radius 1 is 1.05 bits per heavy atom. The molecular formula is C18H22FN. The first-order chi connectivity index (χ1) is 9.54. The fraction of sp³-hybridized carbons (Fsp3) is 0.333. The van der Waals surface area contributed by atoms with E-state index in [4.69, 9.17) is 5.73 Å². The fourth-order valence-corrected chi connectivity index (χ4v) is 2.36. The lowest BCUT2D eigenvalue weighted by Gasteiger charge is -2.16. The van der Waals surface area contributed by atoms with Crippen molar-refractivity contribution in [3.05, 3.63) is 70.5 Å². The molecule has 0 saturated heterocycles. The van der Waals surface area contributed by atoms with Gasteiger partial charge in [-0.2, -0.15) is 0 Å². The maximum atomic E-state index is 14.1. The Bertz CT molecular complexity index is 574. The highest BCUT2D eigenvalue weighted by Crippen LogP contribution is 2.26. The molecule has 106 valence electrons. The molecule has 1 nitrogen and oxygen atoms in total. The Labute approximate surface area is 120 Å². The van der Waals surface area contributed by atoms with Gasteiger partial charge in [0, 0.05) is 5.56 Å². The van der Waals surface area contributed by atoms with Crippen LogP contribution in [0.15, 0.2) is 42.5 Å². The van der Waals surface area contributed by atoms with E-state index in [9.17, 15) is 4.39 Å². The molecule has 0 aromatic heterocycles. The third kappa shape index (κ3) is 2.91. The van der Waals surface area contributed by atoms with Gasteiger partial charge in [-0.3, -0.25) is 0 Å². The second-order valence-electron chi connectivity index (χ2n) is 5.43. The van der Waals surface area contributed by atoms with Crippen molar-refractivity contribution in [3.8, 4) is 0 Å². The van der Waals surface area contributed by atoms with E-state index in [0.29, 0.717) is 17.0 Å². The van der Waals surface area contributed by atoms with Gasteiger partial charge in [-0.05, 0) is 36.0 Å². The molecule has 2 atom stereocenters. The molecule has 0 saturated carbocycles. The molecule has 2 N–H and O–H groups in total. The van der Waals surface area contributed by atoms with Gasteiger partial charge >= 0.3 is 0 Å². The zero-order valence-electron chi connectivity index (χ0n) is 12.4. The Hall–Kier alpha value is -1.67. The van der Waals surface area contributed by atoms with E-state index in [1.54, 1.807) is 19.1 Å². The molecule has 2 aromatic carbocycles. The predicted molar refractivity (Wildman–Crippen MR) is 82.3 cm³/mol. The average Bonchev–Trinajstić information content (AvgIpc) is 2.48. The van der Waals surface area contributed by atoms with Gasteiger partial charge in [0.15, 0.2) is 0 Å². The molecule has 0 radical (unpaired) electrons. The van der Waals surface area contributed by atoms with E-state index < -0.39 is 6.04 Å². The first-order valence-electron chi connectivity index (χ1n) is 7.15. The first-order valence-corrected chi connectivity index (χ1v) is 7.15. The molecule has 0 fully saturated rings. The lowest BCUT2D eigenvalue weighted by Crippen LogP contribution is -2.14. The lowest BCUT2D eigenvalue weighted by molar-refractivity contribution is 0.591. The third-order valence-corrected chi connectivity index (χ3v) is 4.03. The van der Waals surface area contributed by atoms with E-state index in [0.717, 1.165) is 12.0 Å². The molecule has 0 heterocycles. The lowest BCUT2D eigenvalue weighted by atomic mass is 9.93. The van der Waals surface area contributed by atoms with Crippen LogP contribution < -0.4 is 5.73 Å². The summed E-state index contributed by atoms with van der Waals surface area (Å²) < 4.78 is 14.1. The minimum Gasteiger partial charge on any atom is -0.320 e. The smallest absolute Gasteiger partial charge is 0.131 e. The number of hydrogen-bond donors (Lipinski definition) is 1. The zero-order valence-corrected chi connectivity index (χ0v) is 12.4. The highest BCUT2D eigenvalue weighted by atomic mass is 19.1.